The lowest BCUT2D eigenvalue weighted by Crippen LogP contribution is -2.42. The van der Waals surface area contributed by atoms with E-state index in [2.05, 4.69) is 65.4 Å². The van der Waals surface area contributed by atoms with Gasteiger partial charge in [0.2, 0.25) is 0 Å². The molecule has 392 valence electrons. The van der Waals surface area contributed by atoms with Gasteiger partial charge in [0, 0.05) is 55.8 Å². The van der Waals surface area contributed by atoms with E-state index in [1.165, 1.54) is 17.3 Å². The van der Waals surface area contributed by atoms with E-state index in [0.717, 1.165) is 119 Å². The van der Waals surface area contributed by atoms with Gasteiger partial charge in [0.05, 0.1) is 29.0 Å². The lowest BCUT2D eigenvalue weighted by Gasteiger charge is -2.34. The van der Waals surface area contributed by atoms with Crippen molar-refractivity contribution in [3.05, 3.63) is 106 Å². The Morgan fingerprint density at radius 3 is 1.32 bits per heavy atom. The van der Waals surface area contributed by atoms with Crippen LogP contribution < -0.4 is 19.3 Å². The summed E-state index contributed by atoms with van der Waals surface area (Å²) in [5, 5.41) is 15.1. The van der Waals surface area contributed by atoms with Crippen molar-refractivity contribution in [2.24, 2.45) is 0 Å². The van der Waals surface area contributed by atoms with Gasteiger partial charge in [-0.05, 0) is 109 Å². The first-order valence-electron chi connectivity index (χ1n) is 27.8. The Hall–Kier alpha value is -6.95. The number of amides is 4. The molecule has 0 bridgehead atoms. The maximum atomic E-state index is 15.8. The summed E-state index contributed by atoms with van der Waals surface area (Å²) in [4.78, 5) is 84.5. The van der Waals surface area contributed by atoms with Gasteiger partial charge in [0.1, 0.15) is 11.5 Å². The quantitative estimate of drug-likeness (QED) is 0.0253. The van der Waals surface area contributed by atoms with E-state index in [-0.39, 0.29) is 41.0 Å². The van der Waals surface area contributed by atoms with E-state index in [1.54, 1.807) is 12.1 Å². The van der Waals surface area contributed by atoms with E-state index in [4.69, 9.17) is 9.47 Å². The molecule has 12 heteroatoms. The number of imide groups is 2. The highest BCUT2D eigenvalue weighted by atomic mass is 16.5. The van der Waals surface area contributed by atoms with Crippen molar-refractivity contribution in [2.75, 3.05) is 9.80 Å². The normalized spacial score (nSPS) is 13.8. The molecule has 0 spiro atoms. The Morgan fingerprint density at radius 1 is 0.507 bits per heavy atom. The van der Waals surface area contributed by atoms with Crippen LogP contribution in [0.3, 0.4) is 0 Å². The first-order chi connectivity index (χ1) is 36.3. The van der Waals surface area contributed by atoms with Crippen LogP contribution in [0.25, 0.3) is 43.1 Å². The molecule has 2 aliphatic rings. The van der Waals surface area contributed by atoms with Crippen molar-refractivity contribution < 1.29 is 38.6 Å². The minimum absolute atomic E-state index is 0.0115. The number of nitrogens with zero attached hydrogens (tertiary/aromatic N) is 4. The maximum Gasteiger partial charge on any atom is 0.358 e. The highest BCUT2D eigenvalue weighted by Crippen LogP contribution is 2.53. The van der Waals surface area contributed by atoms with Gasteiger partial charge >= 0.3 is 5.97 Å². The molecule has 0 atom stereocenters. The fraction of sp³-hybridized carbons (Fsp3) is 0.444. The molecule has 75 heavy (non-hydrogen) atoms. The largest absolute Gasteiger partial charge is 0.490 e. The van der Waals surface area contributed by atoms with E-state index >= 15 is 14.4 Å². The Morgan fingerprint density at radius 2 is 0.907 bits per heavy atom. The molecule has 0 radical (unpaired) electrons. The molecule has 0 fully saturated rings. The number of anilines is 2. The van der Waals surface area contributed by atoms with Crippen LogP contribution in [0.15, 0.2) is 67.0 Å². The first-order valence-corrected chi connectivity index (χ1v) is 27.8. The lowest BCUT2D eigenvalue weighted by atomic mass is 9.81. The molecule has 1 N–H and O–H groups in total. The van der Waals surface area contributed by atoms with Crippen LogP contribution in [-0.4, -0.2) is 56.9 Å². The third-order valence-electron chi connectivity index (χ3n) is 15.5. The number of carbonyl (C=O) groups is 5. The van der Waals surface area contributed by atoms with Gasteiger partial charge in [-0.1, -0.05) is 137 Å². The summed E-state index contributed by atoms with van der Waals surface area (Å²) in [6.07, 6.45) is 17.3. The zero-order chi connectivity index (χ0) is 53.2. The van der Waals surface area contributed by atoms with Crippen molar-refractivity contribution in [3.8, 4) is 11.5 Å². The zero-order valence-corrected chi connectivity index (χ0v) is 45.1. The van der Waals surface area contributed by atoms with Crippen LogP contribution >= 0.6 is 0 Å². The van der Waals surface area contributed by atoms with Crippen LogP contribution in [0.4, 0.5) is 11.5 Å². The van der Waals surface area contributed by atoms with Crippen LogP contribution in [0, 0.1) is 0 Å². The second-order valence-corrected chi connectivity index (χ2v) is 21.4. The number of hydrogen-bond acceptors (Lipinski definition) is 9. The SMILES string of the molecule is CCCCCC(CCCCC)Oc1cc2c3c(ccc4c5c(OC(CCCCC)CCCCC)cc6c7c(ccc(c1c34)c75)C(=O)N(c1c(C(C)C)cccc1C(C)C)C6=O)C(=O)N(c1nccnc1C(=O)O)C2=O. The van der Waals surface area contributed by atoms with Crippen LogP contribution in [-0.2, 0) is 0 Å². The van der Waals surface area contributed by atoms with Crippen molar-refractivity contribution in [3.63, 3.8) is 0 Å². The molecule has 1 aromatic heterocycles. The van der Waals surface area contributed by atoms with Crippen LogP contribution in [0.5, 0.6) is 11.5 Å². The summed E-state index contributed by atoms with van der Waals surface area (Å²) >= 11 is 0. The molecule has 6 aromatic carbocycles. The van der Waals surface area contributed by atoms with Crippen molar-refractivity contribution >= 4 is 84.2 Å². The average molecular weight is 1010 g/mol. The molecule has 2 aliphatic heterocycles. The van der Waals surface area contributed by atoms with Crippen molar-refractivity contribution in [1.82, 2.24) is 9.97 Å². The second-order valence-electron chi connectivity index (χ2n) is 21.4. The molecule has 9 rings (SSSR count). The number of carbonyl (C=O) groups excluding carboxylic acids is 4. The number of hydrogen-bond donors (Lipinski definition) is 1. The van der Waals surface area contributed by atoms with E-state index < -0.39 is 35.3 Å². The molecule has 3 heterocycles. The first kappa shape index (κ1) is 52.9. The summed E-state index contributed by atoms with van der Waals surface area (Å²) < 4.78 is 14.7. The highest BCUT2D eigenvalue weighted by molar-refractivity contribution is 6.46. The summed E-state index contributed by atoms with van der Waals surface area (Å²) in [6.45, 7) is 17.0. The minimum Gasteiger partial charge on any atom is -0.490 e. The standard InChI is InChI=1S/C63H72N4O8/c1-9-13-17-22-38(23-18-14-10-2)74-48-34-46-50-44(59(68)66(61(46)70)57-40(36(5)6)26-21-27-41(57)37(7)8)30-28-42-53-49(75-39(24-19-15-11-3)25-20-16-12-4)35-47-51-45(31-29-43(55(51)53)52(48)54(42)50)60(69)67(62(47)71)58-56(63(72)73)64-32-33-65-58/h21,26-39H,9-20,22-25H2,1-8H3,(H,72,73). The number of unbranched alkanes of at least 4 members (excludes halogenated alkanes) is 8. The van der Waals surface area contributed by atoms with E-state index in [1.807, 2.05) is 42.5 Å². The van der Waals surface area contributed by atoms with Gasteiger partial charge in [-0.15, -0.1) is 0 Å². The Kier molecular flexibility index (Phi) is 15.9. The average Bonchev–Trinajstić information content (AvgIpc) is 3.43. The third-order valence-corrected chi connectivity index (χ3v) is 15.5. The highest BCUT2D eigenvalue weighted by Gasteiger charge is 2.42. The predicted molar refractivity (Wildman–Crippen MR) is 299 cm³/mol. The summed E-state index contributed by atoms with van der Waals surface area (Å²) in [5.41, 5.74) is 2.99. The number of carboxylic acids is 1. The maximum absolute atomic E-state index is 15.8. The molecule has 12 nitrogen and oxygen atoms in total. The van der Waals surface area contributed by atoms with Gasteiger partial charge in [0.15, 0.2) is 11.5 Å². The molecule has 4 amide bonds. The monoisotopic (exact) mass is 1010 g/mol. The molecule has 0 saturated carbocycles. The number of benzene rings is 6. The van der Waals surface area contributed by atoms with E-state index in [9.17, 15) is 14.7 Å². The lowest BCUT2D eigenvalue weighted by molar-refractivity contribution is 0.0690. The predicted octanol–water partition coefficient (Wildman–Crippen LogP) is 15.9. The van der Waals surface area contributed by atoms with Gasteiger partial charge in [-0.2, -0.15) is 0 Å². The third kappa shape index (κ3) is 9.58. The second kappa shape index (κ2) is 22.5. The number of fused-ring (bicyclic) bond motifs is 2. The number of ether oxygens (including phenoxy) is 2. The smallest absolute Gasteiger partial charge is 0.358 e. The number of rotatable bonds is 25. The van der Waals surface area contributed by atoms with Crippen molar-refractivity contribution in [2.45, 2.75) is 182 Å². The van der Waals surface area contributed by atoms with Crippen molar-refractivity contribution in [1.29, 1.82) is 0 Å². The fourth-order valence-electron chi connectivity index (χ4n) is 11.8. The zero-order valence-electron chi connectivity index (χ0n) is 45.1. The van der Waals surface area contributed by atoms with Gasteiger partial charge < -0.3 is 14.6 Å². The Balaban J connectivity index is 1.39. The fourth-order valence-corrected chi connectivity index (χ4v) is 11.8. The summed E-state index contributed by atoms with van der Waals surface area (Å²) in [6, 6.07) is 16.9. The Bertz CT molecular complexity index is 3290. The topological polar surface area (TPSA) is 156 Å². The molecular formula is C63H72N4O8. The van der Waals surface area contributed by atoms with E-state index in [0.29, 0.717) is 71.4 Å². The Labute approximate surface area is 440 Å². The number of aromatic nitrogens is 2. The van der Waals surface area contributed by atoms with Crippen LogP contribution in [0.2, 0.25) is 0 Å². The molecule has 0 saturated heterocycles. The summed E-state index contributed by atoms with van der Waals surface area (Å²) in [5.74, 6) is -3.21. The van der Waals surface area contributed by atoms with Gasteiger partial charge in [-0.3, -0.25) is 19.2 Å². The summed E-state index contributed by atoms with van der Waals surface area (Å²) in [7, 11) is 0. The molecule has 0 aliphatic carbocycles. The number of para-hydroxylation sites is 1. The van der Waals surface area contributed by atoms with Gasteiger partial charge in [0.25, 0.3) is 23.6 Å². The number of aromatic carboxylic acids is 1. The molecule has 7 aromatic rings. The number of carboxylic acid groups (broad SMARTS) is 1. The minimum atomic E-state index is -1.43. The van der Waals surface area contributed by atoms with Gasteiger partial charge in [-0.25, -0.2) is 24.6 Å². The molecular weight excluding hydrogens is 941 g/mol. The molecule has 0 unspecified atom stereocenters. The van der Waals surface area contributed by atoms with Crippen LogP contribution in [0.1, 0.15) is 233 Å².